The molecule has 11 heteroatoms. The van der Waals surface area contributed by atoms with E-state index in [9.17, 15) is 27.6 Å². The molecule has 0 radical (unpaired) electrons. The van der Waals surface area contributed by atoms with E-state index in [0.29, 0.717) is 12.8 Å². The number of carbonyl (C=O) groups excluding carboxylic acids is 3. The number of esters is 1. The minimum Gasteiger partial charge on any atom is -0.466 e. The molecule has 2 aromatic rings. The second-order valence-corrected chi connectivity index (χ2v) is 9.25. The summed E-state index contributed by atoms with van der Waals surface area (Å²) in [6.07, 6.45) is -4.67. The molecule has 7 nitrogen and oxygen atoms in total. The highest BCUT2D eigenvalue weighted by atomic mass is 35.5. The summed E-state index contributed by atoms with van der Waals surface area (Å²) in [5.41, 5.74) is 4.65. The van der Waals surface area contributed by atoms with Crippen LogP contribution in [0.25, 0.3) is 0 Å². The average Bonchev–Trinajstić information content (AvgIpc) is 3.20. The lowest BCUT2D eigenvalue weighted by atomic mass is 9.92. The number of hydrogen-bond donors (Lipinski definition) is 1. The van der Waals surface area contributed by atoms with Gasteiger partial charge in [-0.25, -0.2) is 9.69 Å². The van der Waals surface area contributed by atoms with Gasteiger partial charge in [0.05, 0.1) is 41.3 Å². The number of halogens is 4. The van der Waals surface area contributed by atoms with Gasteiger partial charge in [-0.15, -0.1) is 0 Å². The number of alkyl halides is 3. The summed E-state index contributed by atoms with van der Waals surface area (Å²) in [6, 6.07) is 10.5. The molecule has 200 valence electrons. The lowest BCUT2D eigenvalue weighted by Crippen LogP contribution is -2.44. The van der Waals surface area contributed by atoms with E-state index in [0.717, 1.165) is 23.0 Å². The quantitative estimate of drug-likeness (QED) is 0.245. The van der Waals surface area contributed by atoms with Gasteiger partial charge in [0.15, 0.2) is 0 Å². The zero-order valence-corrected chi connectivity index (χ0v) is 21.0. The molecule has 0 aromatic heterocycles. The fourth-order valence-electron chi connectivity index (χ4n) is 4.11. The van der Waals surface area contributed by atoms with E-state index < -0.39 is 53.8 Å². The molecule has 2 N–H and O–H groups in total. The Morgan fingerprint density at radius 1 is 1.22 bits per heavy atom. The fraction of sp³-hybridized carbons (Fsp3) is 0.423. The molecule has 37 heavy (non-hydrogen) atoms. The van der Waals surface area contributed by atoms with Crippen LogP contribution in [-0.4, -0.2) is 42.1 Å². The Balaban J connectivity index is 1.90. The van der Waals surface area contributed by atoms with Crippen LogP contribution in [0.1, 0.15) is 42.9 Å². The van der Waals surface area contributed by atoms with Crippen molar-refractivity contribution in [1.29, 1.82) is 0 Å². The van der Waals surface area contributed by atoms with Gasteiger partial charge in [0, 0.05) is 0 Å². The zero-order valence-electron chi connectivity index (χ0n) is 20.2. The fourth-order valence-corrected chi connectivity index (χ4v) is 4.35. The number of ether oxygens (including phenoxy) is 2. The highest BCUT2D eigenvalue weighted by Gasteiger charge is 2.42. The number of amides is 2. The second kappa shape index (κ2) is 12.3. The van der Waals surface area contributed by atoms with Crippen LogP contribution in [-0.2, 0) is 38.1 Å². The molecule has 2 amide bonds. The molecular formula is C26H28ClF3N2O5. The summed E-state index contributed by atoms with van der Waals surface area (Å²) >= 11 is 5.96. The van der Waals surface area contributed by atoms with Gasteiger partial charge in [0.2, 0.25) is 5.91 Å². The Kier molecular flexibility index (Phi) is 9.42. The van der Waals surface area contributed by atoms with Crippen LogP contribution in [0.4, 0.5) is 23.7 Å². The second-order valence-electron chi connectivity index (χ2n) is 8.84. The zero-order chi connectivity index (χ0) is 27.2. The monoisotopic (exact) mass is 540 g/mol. The first kappa shape index (κ1) is 28.3. The van der Waals surface area contributed by atoms with Gasteiger partial charge in [0.25, 0.3) is 0 Å². The number of cyclic esters (lactones) is 1. The van der Waals surface area contributed by atoms with Gasteiger partial charge >= 0.3 is 18.2 Å². The lowest BCUT2D eigenvalue weighted by molar-refractivity contribution is -0.148. The molecule has 1 heterocycles. The number of hydrogen-bond acceptors (Lipinski definition) is 6. The molecule has 2 atom stereocenters. The Morgan fingerprint density at radius 2 is 1.92 bits per heavy atom. The highest BCUT2D eigenvalue weighted by molar-refractivity contribution is 6.33. The van der Waals surface area contributed by atoms with Crippen LogP contribution in [0.15, 0.2) is 42.5 Å². The van der Waals surface area contributed by atoms with Crippen molar-refractivity contribution in [3.63, 3.8) is 0 Å². The SMILES string of the molecule is CCCCOC(=O)C[C@H](Cc1cc(Cl)c(N)c(C(F)(F)F)c1)C(=O)N1C(=O)OC[C@H]1Cc1ccccc1. The number of rotatable bonds is 10. The summed E-state index contributed by atoms with van der Waals surface area (Å²) < 4.78 is 50.8. The van der Waals surface area contributed by atoms with Crippen LogP contribution in [0.5, 0.6) is 0 Å². The molecule has 1 saturated heterocycles. The number of benzene rings is 2. The average molecular weight is 541 g/mol. The predicted octanol–water partition coefficient (Wildman–Crippen LogP) is 5.42. The first-order valence-corrected chi connectivity index (χ1v) is 12.2. The van der Waals surface area contributed by atoms with E-state index >= 15 is 0 Å². The number of nitrogens with zero attached hydrogens (tertiary/aromatic N) is 1. The van der Waals surface area contributed by atoms with Crippen molar-refractivity contribution in [2.75, 3.05) is 18.9 Å². The number of anilines is 1. The van der Waals surface area contributed by atoms with Crippen molar-refractivity contribution in [3.05, 3.63) is 64.2 Å². The van der Waals surface area contributed by atoms with E-state index in [1.165, 1.54) is 6.07 Å². The Labute approximate surface area is 217 Å². The van der Waals surface area contributed by atoms with Gasteiger partial charge in [-0.1, -0.05) is 55.3 Å². The van der Waals surface area contributed by atoms with Crippen molar-refractivity contribution in [1.82, 2.24) is 4.90 Å². The third-order valence-corrected chi connectivity index (χ3v) is 6.33. The van der Waals surface area contributed by atoms with Crippen LogP contribution >= 0.6 is 11.6 Å². The number of imide groups is 1. The Hall–Kier alpha value is -3.27. The summed E-state index contributed by atoms with van der Waals surface area (Å²) in [5.74, 6) is -2.63. The summed E-state index contributed by atoms with van der Waals surface area (Å²) in [5, 5.41) is -0.330. The molecule has 0 saturated carbocycles. The van der Waals surface area contributed by atoms with Crippen molar-refractivity contribution in [3.8, 4) is 0 Å². The van der Waals surface area contributed by atoms with Crippen LogP contribution < -0.4 is 5.73 Å². The molecular weight excluding hydrogens is 513 g/mol. The third kappa shape index (κ3) is 7.38. The largest absolute Gasteiger partial charge is 0.466 e. The minimum absolute atomic E-state index is 0.0402. The predicted molar refractivity (Wildman–Crippen MR) is 131 cm³/mol. The van der Waals surface area contributed by atoms with Crippen LogP contribution in [0.2, 0.25) is 5.02 Å². The lowest BCUT2D eigenvalue weighted by Gasteiger charge is -2.25. The summed E-state index contributed by atoms with van der Waals surface area (Å²) in [4.78, 5) is 39.6. The van der Waals surface area contributed by atoms with Crippen LogP contribution in [0.3, 0.4) is 0 Å². The van der Waals surface area contributed by atoms with Crippen LogP contribution in [0, 0.1) is 5.92 Å². The van der Waals surface area contributed by atoms with E-state index in [1.54, 1.807) is 0 Å². The molecule has 0 aliphatic carbocycles. The number of nitrogen functional groups attached to an aromatic ring is 1. The summed E-state index contributed by atoms with van der Waals surface area (Å²) in [6.45, 7) is 2.01. The van der Waals surface area contributed by atoms with E-state index in [4.69, 9.17) is 26.8 Å². The normalized spacial score (nSPS) is 16.4. The van der Waals surface area contributed by atoms with Crippen molar-refractivity contribution in [2.45, 2.75) is 51.2 Å². The Bertz CT molecular complexity index is 1130. The molecule has 1 aliphatic rings. The first-order chi connectivity index (χ1) is 17.5. The number of carbonyl (C=O) groups is 3. The van der Waals surface area contributed by atoms with E-state index in [1.807, 2.05) is 37.3 Å². The number of unbranched alkanes of at least 4 members (excludes halogenated alkanes) is 1. The van der Waals surface area contributed by atoms with Gasteiger partial charge in [-0.05, 0) is 42.5 Å². The topological polar surface area (TPSA) is 98.9 Å². The van der Waals surface area contributed by atoms with Gasteiger partial charge in [-0.3, -0.25) is 9.59 Å². The first-order valence-electron chi connectivity index (χ1n) is 11.9. The van der Waals surface area contributed by atoms with Gasteiger partial charge in [0.1, 0.15) is 6.61 Å². The van der Waals surface area contributed by atoms with Crippen molar-refractivity contribution >= 4 is 35.3 Å². The molecule has 0 spiro atoms. The maximum absolute atomic E-state index is 13.6. The maximum Gasteiger partial charge on any atom is 0.418 e. The highest BCUT2D eigenvalue weighted by Crippen LogP contribution is 2.38. The maximum atomic E-state index is 13.6. The van der Waals surface area contributed by atoms with Crippen molar-refractivity contribution in [2.24, 2.45) is 5.92 Å². The standard InChI is InChI=1S/C26H28ClF3N2O5/c1-2-3-9-36-22(33)14-18(10-17-12-20(26(28,29)30)23(31)21(27)13-17)24(34)32-19(15-37-25(32)35)11-16-7-5-4-6-8-16/h4-8,12-13,18-19H,2-3,9-11,14-15,31H2,1H3/t18-,19+/m0/s1. The minimum atomic E-state index is -4.78. The number of nitrogens with two attached hydrogens (primary N) is 1. The van der Waals surface area contributed by atoms with E-state index in [-0.39, 0.29) is 30.2 Å². The van der Waals surface area contributed by atoms with E-state index in [2.05, 4.69) is 0 Å². The van der Waals surface area contributed by atoms with Crippen molar-refractivity contribution < 1.29 is 37.0 Å². The third-order valence-electron chi connectivity index (χ3n) is 6.01. The summed E-state index contributed by atoms with van der Waals surface area (Å²) in [7, 11) is 0. The molecule has 1 aliphatic heterocycles. The van der Waals surface area contributed by atoms with Gasteiger partial charge in [-0.2, -0.15) is 13.2 Å². The smallest absolute Gasteiger partial charge is 0.418 e. The molecule has 0 unspecified atom stereocenters. The van der Waals surface area contributed by atoms with Gasteiger partial charge < -0.3 is 15.2 Å². The molecule has 0 bridgehead atoms. The Morgan fingerprint density at radius 3 is 2.57 bits per heavy atom. The molecule has 1 fully saturated rings. The molecule has 2 aromatic carbocycles. The molecule has 3 rings (SSSR count).